The number of piperidine rings is 1. The van der Waals surface area contributed by atoms with Gasteiger partial charge in [0.2, 0.25) is 0 Å². The Morgan fingerprint density at radius 3 is 2.67 bits per heavy atom. The SMILES string of the molecule is Cc1cc(C(=O)CN2CCC(N3CCCCC3)C2)c(C)s1. The standard InChI is InChI=1S/C17H26N2OS/c1-13-10-16(14(2)21-13)17(20)12-18-9-6-15(11-18)19-7-4-3-5-8-19/h10,15H,3-9,11-12H2,1-2H3. The van der Waals surface area contributed by atoms with E-state index in [0.717, 1.165) is 18.7 Å². The second-order valence-electron chi connectivity index (χ2n) is 6.52. The zero-order valence-electron chi connectivity index (χ0n) is 13.2. The Bertz CT molecular complexity index is 505. The molecule has 0 amide bonds. The van der Waals surface area contributed by atoms with E-state index in [-0.39, 0.29) is 0 Å². The van der Waals surface area contributed by atoms with Crippen LogP contribution < -0.4 is 0 Å². The molecule has 0 aromatic carbocycles. The van der Waals surface area contributed by atoms with E-state index < -0.39 is 0 Å². The third-order valence-corrected chi connectivity index (χ3v) is 5.83. The largest absolute Gasteiger partial charge is 0.299 e. The quantitative estimate of drug-likeness (QED) is 0.799. The zero-order valence-corrected chi connectivity index (χ0v) is 14.0. The van der Waals surface area contributed by atoms with Crippen molar-refractivity contribution in [2.45, 2.75) is 45.6 Å². The maximum Gasteiger partial charge on any atom is 0.177 e. The molecule has 2 saturated heterocycles. The van der Waals surface area contributed by atoms with E-state index in [9.17, 15) is 4.79 Å². The van der Waals surface area contributed by atoms with Crippen molar-refractivity contribution < 1.29 is 4.79 Å². The van der Waals surface area contributed by atoms with Crippen LogP contribution in [0.15, 0.2) is 6.07 Å². The highest BCUT2D eigenvalue weighted by Gasteiger charge is 2.29. The summed E-state index contributed by atoms with van der Waals surface area (Å²) in [5, 5.41) is 0. The van der Waals surface area contributed by atoms with Gasteiger partial charge >= 0.3 is 0 Å². The fraction of sp³-hybridized carbons (Fsp3) is 0.706. The lowest BCUT2D eigenvalue weighted by Crippen LogP contribution is -2.41. The topological polar surface area (TPSA) is 23.6 Å². The average Bonchev–Trinajstić information content (AvgIpc) is 3.06. The maximum absolute atomic E-state index is 12.5. The van der Waals surface area contributed by atoms with Gasteiger partial charge in [0.05, 0.1) is 6.54 Å². The molecule has 3 heterocycles. The van der Waals surface area contributed by atoms with Crippen LogP contribution in [0.1, 0.15) is 45.8 Å². The second kappa shape index (κ2) is 6.59. The highest BCUT2D eigenvalue weighted by atomic mass is 32.1. The average molecular weight is 306 g/mol. The van der Waals surface area contributed by atoms with Crippen LogP contribution in [0.25, 0.3) is 0 Å². The summed E-state index contributed by atoms with van der Waals surface area (Å²) in [6, 6.07) is 2.74. The van der Waals surface area contributed by atoms with E-state index in [4.69, 9.17) is 0 Å². The van der Waals surface area contributed by atoms with Crippen molar-refractivity contribution >= 4 is 17.1 Å². The van der Waals surface area contributed by atoms with Crippen molar-refractivity contribution in [2.75, 3.05) is 32.7 Å². The van der Waals surface area contributed by atoms with Crippen LogP contribution >= 0.6 is 11.3 Å². The molecule has 0 radical (unpaired) electrons. The molecule has 1 atom stereocenters. The van der Waals surface area contributed by atoms with Gasteiger partial charge in [0.25, 0.3) is 0 Å². The summed E-state index contributed by atoms with van der Waals surface area (Å²) in [5.41, 5.74) is 0.943. The number of rotatable bonds is 4. The number of carbonyl (C=O) groups excluding carboxylic acids is 1. The number of aryl methyl sites for hydroxylation is 2. The van der Waals surface area contributed by atoms with E-state index in [0.29, 0.717) is 18.4 Å². The number of nitrogens with zero attached hydrogens (tertiary/aromatic N) is 2. The molecule has 0 spiro atoms. The molecular formula is C17H26N2OS. The summed E-state index contributed by atoms with van der Waals surface area (Å²) in [6.45, 7) is 9.41. The van der Waals surface area contributed by atoms with Crippen LogP contribution in [-0.2, 0) is 0 Å². The minimum atomic E-state index is 0.302. The van der Waals surface area contributed by atoms with E-state index in [1.165, 1.54) is 48.5 Å². The molecule has 0 saturated carbocycles. The van der Waals surface area contributed by atoms with Gasteiger partial charge in [-0.05, 0) is 52.3 Å². The number of carbonyl (C=O) groups is 1. The summed E-state index contributed by atoms with van der Waals surface area (Å²) in [5.74, 6) is 0.302. The Balaban J connectivity index is 1.54. The fourth-order valence-corrected chi connectivity index (χ4v) is 4.68. The van der Waals surface area contributed by atoms with Crippen LogP contribution in [0.3, 0.4) is 0 Å². The summed E-state index contributed by atoms with van der Waals surface area (Å²) < 4.78 is 0. The van der Waals surface area contributed by atoms with Crippen molar-refractivity contribution in [1.82, 2.24) is 9.80 Å². The Morgan fingerprint density at radius 2 is 2.00 bits per heavy atom. The molecule has 1 aromatic heterocycles. The highest BCUT2D eigenvalue weighted by Crippen LogP contribution is 2.23. The van der Waals surface area contributed by atoms with Crippen molar-refractivity contribution in [2.24, 2.45) is 0 Å². The fourth-order valence-electron chi connectivity index (χ4n) is 3.73. The van der Waals surface area contributed by atoms with Gasteiger partial charge in [-0.1, -0.05) is 6.42 Å². The molecule has 2 fully saturated rings. The van der Waals surface area contributed by atoms with Gasteiger partial charge in [0, 0.05) is 34.4 Å². The molecule has 1 aromatic rings. The van der Waals surface area contributed by atoms with Gasteiger partial charge in [-0.25, -0.2) is 0 Å². The van der Waals surface area contributed by atoms with E-state index in [1.54, 1.807) is 11.3 Å². The van der Waals surface area contributed by atoms with Gasteiger partial charge in [-0.2, -0.15) is 0 Å². The van der Waals surface area contributed by atoms with Gasteiger partial charge in [-0.3, -0.25) is 14.6 Å². The van der Waals surface area contributed by atoms with Crippen LogP contribution in [0.5, 0.6) is 0 Å². The first-order valence-corrected chi connectivity index (χ1v) is 9.02. The van der Waals surface area contributed by atoms with Gasteiger partial charge in [0.15, 0.2) is 5.78 Å². The van der Waals surface area contributed by atoms with Crippen LogP contribution in [0.4, 0.5) is 0 Å². The van der Waals surface area contributed by atoms with E-state index in [2.05, 4.69) is 29.7 Å². The van der Waals surface area contributed by atoms with Crippen LogP contribution in [0, 0.1) is 13.8 Å². The summed E-state index contributed by atoms with van der Waals surface area (Å²) in [7, 11) is 0. The van der Waals surface area contributed by atoms with Crippen LogP contribution in [0.2, 0.25) is 0 Å². The van der Waals surface area contributed by atoms with Crippen LogP contribution in [-0.4, -0.2) is 54.3 Å². The Kier molecular flexibility index (Phi) is 4.77. The first kappa shape index (κ1) is 15.2. The third kappa shape index (κ3) is 3.55. The lowest BCUT2D eigenvalue weighted by atomic mass is 10.1. The minimum absolute atomic E-state index is 0.302. The molecule has 2 aliphatic heterocycles. The van der Waals surface area contributed by atoms with Gasteiger partial charge < -0.3 is 0 Å². The monoisotopic (exact) mass is 306 g/mol. The number of Topliss-reactive ketones (excluding diaryl/α,β-unsaturated/α-hetero) is 1. The first-order chi connectivity index (χ1) is 10.1. The van der Waals surface area contributed by atoms with E-state index in [1.807, 2.05) is 0 Å². The molecule has 4 heteroatoms. The smallest absolute Gasteiger partial charge is 0.177 e. The van der Waals surface area contributed by atoms with Crippen molar-refractivity contribution in [3.8, 4) is 0 Å². The summed E-state index contributed by atoms with van der Waals surface area (Å²) >= 11 is 1.73. The van der Waals surface area contributed by atoms with Crippen molar-refractivity contribution in [1.29, 1.82) is 0 Å². The third-order valence-electron chi connectivity index (χ3n) is 4.86. The summed E-state index contributed by atoms with van der Waals surface area (Å²) in [6.07, 6.45) is 5.32. The minimum Gasteiger partial charge on any atom is -0.299 e. The number of ketones is 1. The Labute approximate surface area is 131 Å². The number of hydrogen-bond acceptors (Lipinski definition) is 4. The molecule has 0 N–H and O–H groups in total. The molecule has 3 rings (SSSR count). The lowest BCUT2D eigenvalue weighted by Gasteiger charge is -2.32. The molecule has 2 aliphatic rings. The van der Waals surface area contributed by atoms with Gasteiger partial charge in [0.1, 0.15) is 0 Å². The molecule has 21 heavy (non-hydrogen) atoms. The maximum atomic E-state index is 12.5. The molecule has 0 aliphatic carbocycles. The van der Waals surface area contributed by atoms with Crippen molar-refractivity contribution in [3.63, 3.8) is 0 Å². The number of likely N-dealkylation sites (tertiary alicyclic amines) is 2. The predicted octanol–water partition coefficient (Wildman–Crippen LogP) is 3.11. The van der Waals surface area contributed by atoms with Gasteiger partial charge in [-0.15, -0.1) is 11.3 Å². The number of thiophene rings is 1. The molecule has 3 nitrogen and oxygen atoms in total. The van der Waals surface area contributed by atoms with Crippen molar-refractivity contribution in [3.05, 3.63) is 21.4 Å². The second-order valence-corrected chi connectivity index (χ2v) is 7.98. The molecule has 0 bridgehead atoms. The summed E-state index contributed by atoms with van der Waals surface area (Å²) in [4.78, 5) is 19.9. The Morgan fingerprint density at radius 1 is 1.24 bits per heavy atom. The normalized spacial score (nSPS) is 24.6. The molecule has 1 unspecified atom stereocenters. The zero-order chi connectivity index (χ0) is 14.8. The number of hydrogen-bond donors (Lipinski definition) is 0. The highest BCUT2D eigenvalue weighted by molar-refractivity contribution is 7.12. The molecule has 116 valence electrons. The van der Waals surface area contributed by atoms with E-state index >= 15 is 0 Å². The lowest BCUT2D eigenvalue weighted by molar-refractivity contribution is 0.0935. The Hall–Kier alpha value is -0.710. The molecular weight excluding hydrogens is 280 g/mol. The first-order valence-electron chi connectivity index (χ1n) is 8.20. The predicted molar refractivity (Wildman–Crippen MR) is 88.4 cm³/mol.